The van der Waals surface area contributed by atoms with E-state index in [0.29, 0.717) is 23.0 Å². The fourth-order valence-electron chi connectivity index (χ4n) is 3.05. The normalized spacial score (nSPS) is 16.2. The Morgan fingerprint density at radius 2 is 1.89 bits per heavy atom. The quantitative estimate of drug-likeness (QED) is 0.493. The molecule has 0 aromatic heterocycles. The molecule has 0 saturated heterocycles. The number of rotatable bonds is 6. The van der Waals surface area contributed by atoms with Crippen LogP contribution in [-0.4, -0.2) is 24.3 Å². The summed E-state index contributed by atoms with van der Waals surface area (Å²) in [5.74, 6) is 0.353. The minimum atomic E-state index is -0.449. The Hall–Kier alpha value is -2.38. The third-order valence-corrected chi connectivity index (χ3v) is 5.06. The van der Waals surface area contributed by atoms with Crippen LogP contribution < -0.4 is 15.4 Å². The van der Waals surface area contributed by atoms with E-state index in [0.717, 1.165) is 21.3 Å². The molecule has 0 aliphatic carbocycles. The van der Waals surface area contributed by atoms with Gasteiger partial charge in [-0.3, -0.25) is 0 Å². The summed E-state index contributed by atoms with van der Waals surface area (Å²) < 4.78 is 11.8. The monoisotopic (exact) mass is 460 g/mol. The largest absolute Gasteiger partial charge is 0.493 e. The van der Waals surface area contributed by atoms with Crippen LogP contribution in [0.3, 0.4) is 0 Å². The first kappa shape index (κ1) is 20.4. The van der Waals surface area contributed by atoms with Crippen molar-refractivity contribution in [3.63, 3.8) is 0 Å². The van der Waals surface area contributed by atoms with Crippen LogP contribution in [0.5, 0.6) is 5.75 Å². The van der Waals surface area contributed by atoms with Crippen molar-refractivity contribution >= 4 is 44.9 Å². The molecule has 7 heteroatoms. The predicted octanol–water partition coefficient (Wildman–Crippen LogP) is 4.34. The van der Waals surface area contributed by atoms with E-state index in [1.165, 1.54) is 0 Å². The maximum atomic E-state index is 12.9. The number of benzene rings is 2. The van der Waals surface area contributed by atoms with Crippen LogP contribution in [0.25, 0.3) is 5.70 Å². The standard InChI is InChI=1S/C21H21BrN2O3S/c1-3-26-16-11-10-14(12-15(16)22)19-17(20(25)27-4-2)18(23-21(28)24-19)13-8-6-5-7-9-13/h5-12,19H,3-4H2,1-2H3,(H2,23,24,28). The van der Waals surface area contributed by atoms with Crippen molar-refractivity contribution in [1.29, 1.82) is 0 Å². The average molecular weight is 461 g/mol. The molecule has 0 radical (unpaired) electrons. The van der Waals surface area contributed by atoms with Gasteiger partial charge in [-0.1, -0.05) is 36.4 Å². The number of carbonyl (C=O) groups excluding carboxylic acids is 1. The molecule has 146 valence electrons. The van der Waals surface area contributed by atoms with Crippen LogP contribution in [0.1, 0.15) is 31.0 Å². The SMILES string of the molecule is CCOC(=O)C1=C(c2ccccc2)NC(=S)NC1c1ccc(OCC)c(Br)c1. The zero-order valence-electron chi connectivity index (χ0n) is 15.6. The molecular formula is C21H21BrN2O3S. The highest BCUT2D eigenvalue weighted by Crippen LogP contribution is 2.35. The smallest absolute Gasteiger partial charge is 0.338 e. The average Bonchev–Trinajstić information content (AvgIpc) is 2.70. The van der Waals surface area contributed by atoms with E-state index >= 15 is 0 Å². The lowest BCUT2D eigenvalue weighted by molar-refractivity contribution is -0.138. The van der Waals surface area contributed by atoms with E-state index in [2.05, 4.69) is 26.6 Å². The highest BCUT2D eigenvalue weighted by atomic mass is 79.9. The first-order chi connectivity index (χ1) is 13.5. The molecule has 1 heterocycles. The van der Waals surface area contributed by atoms with E-state index < -0.39 is 6.04 Å². The van der Waals surface area contributed by atoms with Crippen LogP contribution in [0.15, 0.2) is 58.6 Å². The third kappa shape index (κ3) is 4.36. The van der Waals surface area contributed by atoms with Crippen LogP contribution in [-0.2, 0) is 9.53 Å². The summed E-state index contributed by atoms with van der Waals surface area (Å²) in [6.45, 7) is 4.58. The summed E-state index contributed by atoms with van der Waals surface area (Å²) in [7, 11) is 0. The van der Waals surface area contributed by atoms with Gasteiger partial charge in [0, 0.05) is 0 Å². The third-order valence-electron chi connectivity index (χ3n) is 4.22. The summed E-state index contributed by atoms with van der Waals surface area (Å²) in [5.41, 5.74) is 2.87. The van der Waals surface area contributed by atoms with Gasteiger partial charge in [-0.15, -0.1) is 0 Å². The van der Waals surface area contributed by atoms with E-state index in [9.17, 15) is 4.79 Å². The number of halogens is 1. The topological polar surface area (TPSA) is 59.6 Å². The highest BCUT2D eigenvalue weighted by Gasteiger charge is 2.33. The number of nitrogens with one attached hydrogen (secondary N) is 2. The van der Waals surface area contributed by atoms with E-state index in [1.54, 1.807) is 6.92 Å². The molecule has 1 unspecified atom stereocenters. The molecule has 1 aliphatic rings. The zero-order chi connectivity index (χ0) is 20.1. The molecule has 0 spiro atoms. The van der Waals surface area contributed by atoms with E-state index in [4.69, 9.17) is 21.7 Å². The summed E-state index contributed by atoms with van der Waals surface area (Å²) in [5, 5.41) is 6.78. The van der Waals surface area contributed by atoms with Crippen molar-refractivity contribution in [2.24, 2.45) is 0 Å². The van der Waals surface area contributed by atoms with E-state index in [1.807, 2.05) is 55.5 Å². The molecule has 28 heavy (non-hydrogen) atoms. The van der Waals surface area contributed by atoms with Gasteiger partial charge in [0.2, 0.25) is 0 Å². The number of thiocarbonyl (C=S) groups is 1. The molecule has 3 rings (SSSR count). The second kappa shape index (κ2) is 9.21. The Labute approximate surface area is 178 Å². The van der Waals surface area contributed by atoms with Crippen LogP contribution >= 0.6 is 28.1 Å². The fourth-order valence-corrected chi connectivity index (χ4v) is 3.78. The highest BCUT2D eigenvalue weighted by molar-refractivity contribution is 9.10. The molecule has 0 saturated carbocycles. The number of hydrogen-bond acceptors (Lipinski definition) is 4. The van der Waals surface area contributed by atoms with Crippen molar-refractivity contribution in [2.75, 3.05) is 13.2 Å². The summed E-state index contributed by atoms with van der Waals surface area (Å²) in [6, 6.07) is 14.9. The Bertz CT molecular complexity index is 915. The van der Waals surface area contributed by atoms with Crippen molar-refractivity contribution < 1.29 is 14.3 Å². The molecule has 1 atom stereocenters. The molecule has 1 aliphatic heterocycles. The van der Waals surface area contributed by atoms with Crippen molar-refractivity contribution in [1.82, 2.24) is 10.6 Å². The lowest BCUT2D eigenvalue weighted by Gasteiger charge is -2.31. The summed E-state index contributed by atoms with van der Waals surface area (Å²) in [4.78, 5) is 12.9. The fraction of sp³-hybridized carbons (Fsp3) is 0.238. The second-order valence-electron chi connectivity index (χ2n) is 6.03. The Morgan fingerprint density at radius 3 is 2.54 bits per heavy atom. The van der Waals surface area contributed by atoms with Gasteiger partial charge in [-0.05, 0) is 65.3 Å². The van der Waals surface area contributed by atoms with E-state index in [-0.39, 0.29) is 12.6 Å². The summed E-state index contributed by atoms with van der Waals surface area (Å²) in [6.07, 6.45) is 0. The Balaban J connectivity index is 2.13. The van der Waals surface area contributed by atoms with Crippen LogP contribution in [0.2, 0.25) is 0 Å². The molecule has 5 nitrogen and oxygen atoms in total. The zero-order valence-corrected chi connectivity index (χ0v) is 18.0. The molecular weight excluding hydrogens is 440 g/mol. The predicted molar refractivity (Wildman–Crippen MR) is 117 cm³/mol. The first-order valence-corrected chi connectivity index (χ1v) is 10.2. The maximum Gasteiger partial charge on any atom is 0.338 e. The lowest BCUT2D eigenvalue weighted by Crippen LogP contribution is -2.45. The maximum absolute atomic E-state index is 12.9. The van der Waals surface area contributed by atoms with Crippen molar-refractivity contribution in [3.05, 3.63) is 69.7 Å². The van der Waals surface area contributed by atoms with Gasteiger partial charge in [-0.2, -0.15) is 0 Å². The molecule has 2 N–H and O–H groups in total. The Morgan fingerprint density at radius 1 is 1.14 bits per heavy atom. The number of hydrogen-bond donors (Lipinski definition) is 2. The van der Waals surface area contributed by atoms with Gasteiger partial charge in [-0.25, -0.2) is 4.79 Å². The minimum Gasteiger partial charge on any atom is -0.493 e. The van der Waals surface area contributed by atoms with Crippen molar-refractivity contribution in [3.8, 4) is 5.75 Å². The first-order valence-electron chi connectivity index (χ1n) is 9.01. The van der Waals surface area contributed by atoms with Gasteiger partial charge in [0.05, 0.1) is 35.0 Å². The number of ether oxygens (including phenoxy) is 2. The van der Waals surface area contributed by atoms with Gasteiger partial charge >= 0.3 is 5.97 Å². The second-order valence-corrected chi connectivity index (χ2v) is 7.29. The van der Waals surface area contributed by atoms with Gasteiger partial charge in [0.25, 0.3) is 0 Å². The molecule has 0 fully saturated rings. The van der Waals surface area contributed by atoms with Crippen molar-refractivity contribution in [2.45, 2.75) is 19.9 Å². The Kier molecular flexibility index (Phi) is 6.70. The number of esters is 1. The molecule has 0 bridgehead atoms. The van der Waals surface area contributed by atoms with Crippen LogP contribution in [0.4, 0.5) is 0 Å². The van der Waals surface area contributed by atoms with Gasteiger partial charge < -0.3 is 20.1 Å². The molecule has 2 aromatic carbocycles. The summed E-state index contributed by atoms with van der Waals surface area (Å²) >= 11 is 8.96. The molecule has 2 aromatic rings. The lowest BCUT2D eigenvalue weighted by atomic mass is 9.92. The number of carbonyl (C=O) groups is 1. The van der Waals surface area contributed by atoms with Gasteiger partial charge in [0.1, 0.15) is 5.75 Å². The molecule has 0 amide bonds. The van der Waals surface area contributed by atoms with Crippen LogP contribution in [0, 0.1) is 0 Å². The minimum absolute atomic E-state index is 0.286. The van der Waals surface area contributed by atoms with Gasteiger partial charge in [0.15, 0.2) is 5.11 Å².